The molecule has 0 bridgehead atoms. The van der Waals surface area contributed by atoms with Crippen molar-refractivity contribution in [1.29, 1.82) is 5.26 Å². The Labute approximate surface area is 109 Å². The highest BCUT2D eigenvalue weighted by molar-refractivity contribution is 5.86. The van der Waals surface area contributed by atoms with Crippen LogP contribution in [0, 0.1) is 34.5 Å². The molecule has 0 aromatic carbocycles. The second kappa shape index (κ2) is 4.26. The predicted molar refractivity (Wildman–Crippen MR) is 68.5 cm³/mol. The molecule has 18 heavy (non-hydrogen) atoms. The molecule has 98 valence electrons. The number of amides is 1. The van der Waals surface area contributed by atoms with Gasteiger partial charge in [-0.25, -0.2) is 0 Å². The Kier molecular flexibility index (Phi) is 2.84. The van der Waals surface area contributed by atoms with Gasteiger partial charge in [0, 0.05) is 13.1 Å². The lowest BCUT2D eigenvalue weighted by atomic mass is 9.62. The summed E-state index contributed by atoms with van der Waals surface area (Å²) in [5.41, 5.74) is -0.663. The molecule has 3 rings (SSSR count). The fraction of sp³-hybridized carbons (Fsp3) is 0.867. The summed E-state index contributed by atoms with van der Waals surface area (Å²) in [5.74, 6) is 2.13. The van der Waals surface area contributed by atoms with Crippen LogP contribution in [0.1, 0.15) is 45.4 Å². The fourth-order valence-electron chi connectivity index (χ4n) is 3.21. The first kappa shape index (κ1) is 12.0. The number of nitrogens with zero attached hydrogens (tertiary/aromatic N) is 2. The second-order valence-electron chi connectivity index (χ2n) is 6.80. The molecule has 3 fully saturated rings. The van der Waals surface area contributed by atoms with Gasteiger partial charge in [-0.05, 0) is 56.3 Å². The SMILES string of the molecule is CC1CC(C#N)(C(=O)N(CC2CC2)CC2CC2)C1. The number of hydrogen-bond acceptors (Lipinski definition) is 2. The van der Waals surface area contributed by atoms with E-state index in [4.69, 9.17) is 0 Å². The average Bonchev–Trinajstić information content (AvgIpc) is 3.17. The van der Waals surface area contributed by atoms with E-state index in [1.165, 1.54) is 25.7 Å². The van der Waals surface area contributed by atoms with Gasteiger partial charge in [-0.1, -0.05) is 6.92 Å². The summed E-state index contributed by atoms with van der Waals surface area (Å²) in [6, 6.07) is 2.32. The lowest BCUT2D eigenvalue weighted by molar-refractivity contribution is -0.145. The molecule has 0 aromatic heterocycles. The van der Waals surface area contributed by atoms with Gasteiger partial charge in [0.15, 0.2) is 0 Å². The highest BCUT2D eigenvalue weighted by Gasteiger charge is 2.51. The van der Waals surface area contributed by atoms with Crippen LogP contribution in [0.15, 0.2) is 0 Å². The molecule has 0 aromatic rings. The number of carbonyl (C=O) groups is 1. The van der Waals surface area contributed by atoms with Gasteiger partial charge in [-0.2, -0.15) is 5.26 Å². The minimum absolute atomic E-state index is 0.141. The van der Waals surface area contributed by atoms with E-state index in [1.807, 2.05) is 4.90 Å². The van der Waals surface area contributed by atoms with Crippen molar-refractivity contribution < 1.29 is 4.79 Å². The molecule has 1 amide bonds. The van der Waals surface area contributed by atoms with Crippen molar-refractivity contribution in [1.82, 2.24) is 4.90 Å². The van der Waals surface area contributed by atoms with Crippen LogP contribution in [0.3, 0.4) is 0 Å². The van der Waals surface area contributed by atoms with Crippen LogP contribution in [0.4, 0.5) is 0 Å². The van der Waals surface area contributed by atoms with Crippen LogP contribution in [0.25, 0.3) is 0 Å². The number of nitriles is 1. The van der Waals surface area contributed by atoms with Gasteiger partial charge in [0.05, 0.1) is 6.07 Å². The van der Waals surface area contributed by atoms with Gasteiger partial charge in [0.25, 0.3) is 0 Å². The number of hydrogen-bond donors (Lipinski definition) is 0. The Morgan fingerprint density at radius 2 is 1.72 bits per heavy atom. The van der Waals surface area contributed by atoms with E-state index in [1.54, 1.807) is 0 Å². The number of rotatable bonds is 5. The van der Waals surface area contributed by atoms with E-state index in [0.717, 1.165) is 37.8 Å². The highest BCUT2D eigenvalue weighted by atomic mass is 16.2. The lowest BCUT2D eigenvalue weighted by Gasteiger charge is -2.42. The smallest absolute Gasteiger partial charge is 0.243 e. The van der Waals surface area contributed by atoms with Crippen LogP contribution in [-0.4, -0.2) is 23.9 Å². The predicted octanol–water partition coefficient (Wildman–Crippen LogP) is 2.57. The molecule has 3 aliphatic rings. The van der Waals surface area contributed by atoms with Crippen molar-refractivity contribution in [3.63, 3.8) is 0 Å². The Morgan fingerprint density at radius 3 is 2.06 bits per heavy atom. The molecule has 3 saturated carbocycles. The molecule has 0 atom stereocenters. The molecule has 0 unspecified atom stereocenters. The van der Waals surface area contributed by atoms with Crippen LogP contribution in [0.2, 0.25) is 0 Å². The Bertz CT molecular complexity index is 370. The molecule has 3 heteroatoms. The van der Waals surface area contributed by atoms with Gasteiger partial charge in [0.2, 0.25) is 5.91 Å². The van der Waals surface area contributed by atoms with Crippen LogP contribution in [-0.2, 0) is 4.79 Å². The summed E-state index contributed by atoms with van der Waals surface area (Å²) in [4.78, 5) is 14.7. The average molecular weight is 246 g/mol. The molecule has 0 radical (unpaired) electrons. The summed E-state index contributed by atoms with van der Waals surface area (Å²) >= 11 is 0. The van der Waals surface area contributed by atoms with E-state index in [9.17, 15) is 10.1 Å². The van der Waals surface area contributed by atoms with E-state index in [2.05, 4.69) is 13.0 Å². The third-order valence-corrected chi connectivity index (χ3v) is 4.66. The second-order valence-corrected chi connectivity index (χ2v) is 6.80. The summed E-state index contributed by atoms with van der Waals surface area (Å²) < 4.78 is 0. The zero-order chi connectivity index (χ0) is 12.8. The molecular formula is C15H22N2O. The highest BCUT2D eigenvalue weighted by Crippen LogP contribution is 2.47. The minimum Gasteiger partial charge on any atom is -0.341 e. The maximum Gasteiger partial charge on any atom is 0.243 e. The normalized spacial score (nSPS) is 34.6. The molecule has 0 aliphatic heterocycles. The summed E-state index contributed by atoms with van der Waals surface area (Å²) in [5, 5.41) is 9.38. The number of carbonyl (C=O) groups excluding carboxylic acids is 1. The minimum atomic E-state index is -0.663. The van der Waals surface area contributed by atoms with Crippen molar-refractivity contribution >= 4 is 5.91 Å². The monoisotopic (exact) mass is 246 g/mol. The Hall–Kier alpha value is -1.04. The zero-order valence-corrected chi connectivity index (χ0v) is 11.2. The van der Waals surface area contributed by atoms with Crippen molar-refractivity contribution in [3.05, 3.63) is 0 Å². The topological polar surface area (TPSA) is 44.1 Å². The summed E-state index contributed by atoms with van der Waals surface area (Å²) in [7, 11) is 0. The third kappa shape index (κ3) is 2.25. The largest absolute Gasteiger partial charge is 0.341 e. The lowest BCUT2D eigenvalue weighted by Crippen LogP contribution is -2.51. The third-order valence-electron chi connectivity index (χ3n) is 4.66. The van der Waals surface area contributed by atoms with Crippen LogP contribution >= 0.6 is 0 Å². The van der Waals surface area contributed by atoms with E-state index in [-0.39, 0.29) is 5.91 Å². The van der Waals surface area contributed by atoms with Crippen LogP contribution < -0.4 is 0 Å². The van der Waals surface area contributed by atoms with Crippen molar-refractivity contribution in [2.45, 2.75) is 45.4 Å². The van der Waals surface area contributed by atoms with Crippen molar-refractivity contribution in [3.8, 4) is 6.07 Å². The maximum atomic E-state index is 12.7. The van der Waals surface area contributed by atoms with Gasteiger partial charge in [-0.3, -0.25) is 4.79 Å². The van der Waals surface area contributed by atoms with Gasteiger partial charge >= 0.3 is 0 Å². The molecule has 3 nitrogen and oxygen atoms in total. The molecular weight excluding hydrogens is 224 g/mol. The zero-order valence-electron chi connectivity index (χ0n) is 11.2. The molecule has 0 saturated heterocycles. The maximum absolute atomic E-state index is 12.7. The molecule has 3 aliphatic carbocycles. The van der Waals surface area contributed by atoms with Crippen molar-refractivity contribution in [2.75, 3.05) is 13.1 Å². The van der Waals surface area contributed by atoms with Crippen molar-refractivity contribution in [2.24, 2.45) is 23.2 Å². The summed E-state index contributed by atoms with van der Waals surface area (Å²) in [6.45, 7) is 3.95. The fourth-order valence-corrected chi connectivity index (χ4v) is 3.21. The Balaban J connectivity index is 1.67. The quantitative estimate of drug-likeness (QED) is 0.748. The van der Waals surface area contributed by atoms with E-state index < -0.39 is 5.41 Å². The molecule has 0 heterocycles. The molecule has 0 spiro atoms. The van der Waals surface area contributed by atoms with Gasteiger partial charge < -0.3 is 4.90 Å². The Morgan fingerprint density at radius 1 is 1.22 bits per heavy atom. The first-order valence-corrected chi connectivity index (χ1v) is 7.33. The standard InChI is InChI=1S/C15H22N2O/c1-11-6-15(7-11,10-16)14(18)17(8-12-2-3-12)9-13-4-5-13/h11-13H,2-9H2,1H3. The van der Waals surface area contributed by atoms with E-state index >= 15 is 0 Å². The first-order valence-electron chi connectivity index (χ1n) is 7.33. The van der Waals surface area contributed by atoms with Gasteiger partial charge in [0.1, 0.15) is 5.41 Å². The van der Waals surface area contributed by atoms with Gasteiger partial charge in [-0.15, -0.1) is 0 Å². The first-order chi connectivity index (χ1) is 8.63. The van der Waals surface area contributed by atoms with Crippen LogP contribution in [0.5, 0.6) is 0 Å². The molecule has 0 N–H and O–H groups in total. The van der Waals surface area contributed by atoms with E-state index in [0.29, 0.717) is 5.92 Å². The summed E-state index contributed by atoms with van der Waals surface area (Å²) in [6.07, 6.45) is 6.62.